The molecule has 0 heterocycles. The Hall–Kier alpha value is -3.15. The van der Waals surface area contributed by atoms with Gasteiger partial charge in [0.05, 0.1) is 6.21 Å². The molecule has 0 saturated carbocycles. The van der Waals surface area contributed by atoms with Gasteiger partial charge in [-0.2, -0.15) is 5.10 Å². The Kier molecular flexibility index (Phi) is 5.89. The summed E-state index contributed by atoms with van der Waals surface area (Å²) in [5.41, 5.74) is 6.71. The van der Waals surface area contributed by atoms with Crippen molar-refractivity contribution in [2.24, 2.45) is 5.10 Å². The minimum absolute atomic E-state index is 0.584. The predicted octanol–water partition coefficient (Wildman–Crippen LogP) is 2.46. The van der Waals surface area contributed by atoms with Crippen molar-refractivity contribution in [1.29, 1.82) is 0 Å². The van der Waals surface area contributed by atoms with Crippen LogP contribution >= 0.6 is 0 Å². The number of anilines is 2. The number of hydrogen-bond donors (Lipinski definition) is 2. The van der Waals surface area contributed by atoms with E-state index in [1.54, 1.807) is 12.1 Å². The van der Waals surface area contributed by atoms with Crippen molar-refractivity contribution >= 4 is 29.4 Å². The molecule has 0 fully saturated rings. The number of rotatable bonds is 4. The molecule has 0 radical (unpaired) electrons. The maximum atomic E-state index is 11.9. The molecular weight excluding hydrogens is 316 g/mol. The number of carbonyl (C=O) groups is 2. The average molecular weight is 338 g/mol. The third-order valence-corrected chi connectivity index (χ3v) is 3.47. The first kappa shape index (κ1) is 18.2. The molecule has 0 saturated heterocycles. The molecule has 2 amide bonds. The van der Waals surface area contributed by atoms with E-state index in [1.807, 2.05) is 63.2 Å². The largest absolute Gasteiger partial charge is 0.378 e. The van der Waals surface area contributed by atoms with Gasteiger partial charge in [-0.05, 0) is 54.8 Å². The van der Waals surface area contributed by atoms with E-state index in [0.29, 0.717) is 5.69 Å². The summed E-state index contributed by atoms with van der Waals surface area (Å²) in [6, 6.07) is 13.2. The Morgan fingerprint density at radius 3 is 2.12 bits per heavy atom. The van der Waals surface area contributed by atoms with Gasteiger partial charge in [0.1, 0.15) is 0 Å². The van der Waals surface area contributed by atoms with Crippen LogP contribution in [-0.2, 0) is 9.59 Å². The van der Waals surface area contributed by atoms with Crippen LogP contribution in [0.15, 0.2) is 47.6 Å². The van der Waals surface area contributed by atoms with E-state index >= 15 is 0 Å². The summed E-state index contributed by atoms with van der Waals surface area (Å²) in [5, 5.41) is 6.38. The van der Waals surface area contributed by atoms with Crippen LogP contribution in [0.25, 0.3) is 0 Å². The van der Waals surface area contributed by atoms with Crippen molar-refractivity contribution in [3.05, 3.63) is 59.2 Å². The van der Waals surface area contributed by atoms with Gasteiger partial charge in [-0.1, -0.05) is 18.2 Å². The van der Waals surface area contributed by atoms with E-state index in [4.69, 9.17) is 0 Å². The summed E-state index contributed by atoms with van der Waals surface area (Å²) < 4.78 is 0. The fraction of sp³-hybridized carbons (Fsp3) is 0.211. The van der Waals surface area contributed by atoms with Crippen molar-refractivity contribution in [1.82, 2.24) is 5.43 Å². The van der Waals surface area contributed by atoms with Crippen molar-refractivity contribution in [3.63, 3.8) is 0 Å². The van der Waals surface area contributed by atoms with Crippen molar-refractivity contribution in [2.75, 3.05) is 24.3 Å². The number of aryl methyl sites for hydroxylation is 2. The number of hydrogen-bond acceptors (Lipinski definition) is 4. The number of nitrogens with zero attached hydrogens (tertiary/aromatic N) is 2. The van der Waals surface area contributed by atoms with Gasteiger partial charge in [-0.3, -0.25) is 9.59 Å². The topological polar surface area (TPSA) is 73.8 Å². The lowest BCUT2D eigenvalue weighted by Crippen LogP contribution is -2.32. The fourth-order valence-electron chi connectivity index (χ4n) is 2.31. The van der Waals surface area contributed by atoms with Crippen LogP contribution < -0.4 is 15.6 Å². The van der Waals surface area contributed by atoms with Gasteiger partial charge in [0.15, 0.2) is 0 Å². The van der Waals surface area contributed by atoms with E-state index in [2.05, 4.69) is 15.8 Å². The minimum Gasteiger partial charge on any atom is -0.378 e. The van der Waals surface area contributed by atoms with Gasteiger partial charge in [-0.25, -0.2) is 5.43 Å². The minimum atomic E-state index is -0.819. The summed E-state index contributed by atoms with van der Waals surface area (Å²) in [6.45, 7) is 3.85. The molecule has 0 aliphatic carbocycles. The lowest BCUT2D eigenvalue weighted by molar-refractivity contribution is -0.136. The monoisotopic (exact) mass is 338 g/mol. The zero-order chi connectivity index (χ0) is 18.4. The molecule has 6 nitrogen and oxygen atoms in total. The van der Waals surface area contributed by atoms with E-state index < -0.39 is 11.8 Å². The standard InChI is InChI=1S/C19H22N4O2/c1-13-9-14(2)11-16(10-13)21-18(24)19(25)22-20-12-15-5-7-17(8-6-15)23(3)4/h5-12H,1-4H3,(H,21,24)(H,22,25)/b20-12-. The summed E-state index contributed by atoms with van der Waals surface area (Å²) in [6.07, 6.45) is 1.49. The van der Waals surface area contributed by atoms with Crippen molar-refractivity contribution in [3.8, 4) is 0 Å². The molecule has 0 spiro atoms. The highest BCUT2D eigenvalue weighted by Crippen LogP contribution is 2.13. The van der Waals surface area contributed by atoms with Crippen LogP contribution in [0.3, 0.4) is 0 Å². The molecule has 0 bridgehead atoms. The van der Waals surface area contributed by atoms with Gasteiger partial charge in [0, 0.05) is 25.5 Å². The smallest absolute Gasteiger partial charge is 0.329 e. The highest BCUT2D eigenvalue weighted by atomic mass is 16.2. The van der Waals surface area contributed by atoms with Crippen LogP contribution in [0.5, 0.6) is 0 Å². The molecule has 130 valence electrons. The normalized spacial score (nSPS) is 10.6. The average Bonchev–Trinajstić information content (AvgIpc) is 2.54. The molecule has 2 aromatic carbocycles. The quantitative estimate of drug-likeness (QED) is 0.511. The number of nitrogens with one attached hydrogen (secondary N) is 2. The molecule has 2 aromatic rings. The number of carbonyl (C=O) groups excluding carboxylic acids is 2. The van der Waals surface area contributed by atoms with E-state index in [1.165, 1.54) is 6.21 Å². The van der Waals surface area contributed by atoms with E-state index in [-0.39, 0.29) is 0 Å². The van der Waals surface area contributed by atoms with Crippen LogP contribution in [0, 0.1) is 13.8 Å². The third kappa shape index (κ3) is 5.46. The van der Waals surface area contributed by atoms with Crippen LogP contribution in [0.4, 0.5) is 11.4 Å². The van der Waals surface area contributed by atoms with Gasteiger partial charge in [0.25, 0.3) is 0 Å². The Balaban J connectivity index is 1.91. The SMILES string of the molecule is Cc1cc(C)cc(NC(=O)C(=O)N/N=C\c2ccc(N(C)C)cc2)c1. The van der Waals surface area contributed by atoms with E-state index in [9.17, 15) is 9.59 Å². The molecule has 0 unspecified atom stereocenters. The molecular formula is C19H22N4O2. The zero-order valence-corrected chi connectivity index (χ0v) is 14.8. The molecule has 25 heavy (non-hydrogen) atoms. The first-order valence-corrected chi connectivity index (χ1v) is 7.85. The first-order valence-electron chi connectivity index (χ1n) is 7.85. The van der Waals surface area contributed by atoms with Crippen LogP contribution in [0.2, 0.25) is 0 Å². The molecule has 0 aliphatic rings. The summed E-state index contributed by atoms with van der Waals surface area (Å²) in [7, 11) is 3.91. The fourth-order valence-corrected chi connectivity index (χ4v) is 2.31. The number of amides is 2. The summed E-state index contributed by atoms with van der Waals surface area (Å²) >= 11 is 0. The van der Waals surface area contributed by atoms with Crippen LogP contribution in [0.1, 0.15) is 16.7 Å². The lowest BCUT2D eigenvalue weighted by Gasteiger charge is -2.11. The Bertz CT molecular complexity index is 775. The zero-order valence-electron chi connectivity index (χ0n) is 14.8. The second-order valence-electron chi connectivity index (χ2n) is 6.02. The lowest BCUT2D eigenvalue weighted by atomic mass is 10.1. The third-order valence-electron chi connectivity index (χ3n) is 3.47. The van der Waals surface area contributed by atoms with Gasteiger partial charge >= 0.3 is 11.8 Å². The maximum Gasteiger partial charge on any atom is 0.329 e. The van der Waals surface area contributed by atoms with Gasteiger partial charge in [-0.15, -0.1) is 0 Å². The summed E-state index contributed by atoms with van der Waals surface area (Å²) in [5.74, 6) is -1.58. The Morgan fingerprint density at radius 1 is 0.960 bits per heavy atom. The molecule has 2 N–H and O–H groups in total. The van der Waals surface area contributed by atoms with Gasteiger partial charge in [0.2, 0.25) is 0 Å². The Labute approximate surface area is 147 Å². The van der Waals surface area contributed by atoms with E-state index in [0.717, 1.165) is 22.4 Å². The van der Waals surface area contributed by atoms with Crippen molar-refractivity contribution in [2.45, 2.75) is 13.8 Å². The molecule has 0 atom stereocenters. The highest BCUT2D eigenvalue weighted by Gasteiger charge is 2.13. The highest BCUT2D eigenvalue weighted by molar-refractivity contribution is 6.39. The number of hydrazone groups is 1. The van der Waals surface area contributed by atoms with Crippen LogP contribution in [-0.4, -0.2) is 32.1 Å². The van der Waals surface area contributed by atoms with Crippen molar-refractivity contribution < 1.29 is 9.59 Å². The first-order chi connectivity index (χ1) is 11.8. The maximum absolute atomic E-state index is 11.9. The predicted molar refractivity (Wildman–Crippen MR) is 101 cm³/mol. The Morgan fingerprint density at radius 2 is 1.56 bits per heavy atom. The summed E-state index contributed by atoms with van der Waals surface area (Å²) in [4.78, 5) is 25.7. The molecule has 6 heteroatoms. The number of benzene rings is 2. The molecule has 0 aliphatic heterocycles. The second kappa shape index (κ2) is 8.10. The second-order valence-corrected chi connectivity index (χ2v) is 6.02. The van der Waals surface area contributed by atoms with Gasteiger partial charge < -0.3 is 10.2 Å². The molecule has 0 aromatic heterocycles. The molecule has 2 rings (SSSR count).